The number of nitrogens with one attached hydrogen (secondary N) is 1. The second-order valence-electron chi connectivity index (χ2n) is 10.7. The molecule has 40 heavy (non-hydrogen) atoms. The molecular weight excluding hydrogens is 552 g/mol. The highest BCUT2D eigenvalue weighted by atomic mass is 35.5. The monoisotopic (exact) mass is 580 g/mol. The number of halogens is 1. The van der Waals surface area contributed by atoms with Gasteiger partial charge in [0.2, 0.25) is 0 Å². The summed E-state index contributed by atoms with van der Waals surface area (Å²) in [6.45, 7) is 0.601. The summed E-state index contributed by atoms with van der Waals surface area (Å²) in [6, 6.07) is 17.9. The van der Waals surface area contributed by atoms with Gasteiger partial charge < -0.3 is 19.3 Å². The van der Waals surface area contributed by atoms with Gasteiger partial charge in [-0.3, -0.25) is 0 Å². The Morgan fingerprint density at radius 2 is 1.70 bits per heavy atom. The van der Waals surface area contributed by atoms with E-state index in [-0.39, 0.29) is 24.9 Å². The van der Waals surface area contributed by atoms with Crippen LogP contribution in [-0.2, 0) is 30.5 Å². The molecule has 3 fully saturated rings. The largest absolute Gasteiger partial charge is 0.472 e. The lowest BCUT2D eigenvalue weighted by atomic mass is 10.0. The van der Waals surface area contributed by atoms with E-state index in [2.05, 4.69) is 14.1 Å². The summed E-state index contributed by atoms with van der Waals surface area (Å²) in [7, 11) is -2.44. The van der Waals surface area contributed by atoms with Crippen LogP contribution in [0.3, 0.4) is 0 Å². The number of pyridine rings is 1. The number of rotatable bonds is 6. The number of benzene rings is 2. The first kappa shape index (κ1) is 26.1. The summed E-state index contributed by atoms with van der Waals surface area (Å²) >= 11 is 6.63. The fraction of sp³-hybridized carbons (Fsp3) is 0.379. The molecular formula is C29H29ClN4O5S. The highest BCUT2D eigenvalue weighted by molar-refractivity contribution is 7.91. The van der Waals surface area contributed by atoms with Gasteiger partial charge in [-0.05, 0) is 42.2 Å². The van der Waals surface area contributed by atoms with Crippen molar-refractivity contribution < 1.29 is 23.5 Å². The van der Waals surface area contributed by atoms with Gasteiger partial charge >= 0.3 is 0 Å². The molecule has 0 radical (unpaired) electrons. The Labute approximate surface area is 237 Å². The van der Waals surface area contributed by atoms with E-state index in [0.717, 1.165) is 35.2 Å². The molecule has 2 saturated heterocycles. The van der Waals surface area contributed by atoms with Crippen molar-refractivity contribution in [3.63, 3.8) is 0 Å². The topological polar surface area (TPSA) is 115 Å². The van der Waals surface area contributed by atoms with E-state index in [0.29, 0.717) is 47.1 Å². The molecule has 9 nitrogen and oxygen atoms in total. The van der Waals surface area contributed by atoms with Crippen molar-refractivity contribution in [3.8, 4) is 22.4 Å². The molecule has 7 rings (SSSR count). The zero-order valence-electron chi connectivity index (χ0n) is 21.8. The first-order valence-electron chi connectivity index (χ1n) is 13.4. The number of aromatic nitrogens is 1. The van der Waals surface area contributed by atoms with E-state index in [1.807, 2.05) is 54.6 Å². The lowest BCUT2D eigenvalue weighted by Gasteiger charge is -2.17. The third kappa shape index (κ3) is 5.27. The highest BCUT2D eigenvalue weighted by Gasteiger charge is 2.49. The van der Waals surface area contributed by atoms with Crippen LogP contribution in [0.5, 0.6) is 0 Å². The number of aliphatic imine (C=N–C) groups is 1. The molecule has 1 unspecified atom stereocenters. The molecule has 0 spiro atoms. The lowest BCUT2D eigenvalue weighted by Crippen LogP contribution is -2.34. The van der Waals surface area contributed by atoms with Gasteiger partial charge in [0.1, 0.15) is 28.2 Å². The van der Waals surface area contributed by atoms with E-state index < -0.39 is 16.0 Å². The maximum absolute atomic E-state index is 12.6. The molecule has 3 aliphatic heterocycles. The number of fused-ring (bicyclic) bond motifs is 2. The minimum atomic E-state index is -2.44. The molecule has 0 amide bonds. The van der Waals surface area contributed by atoms with E-state index in [1.165, 1.54) is 0 Å². The summed E-state index contributed by atoms with van der Waals surface area (Å²) in [5, 5.41) is 10.5. The average molecular weight is 581 g/mol. The first-order chi connectivity index (χ1) is 19.3. The third-order valence-corrected chi connectivity index (χ3v) is 9.08. The molecule has 11 heteroatoms. The molecule has 4 heterocycles. The summed E-state index contributed by atoms with van der Waals surface area (Å²) in [4.78, 5) is 9.41. The van der Waals surface area contributed by atoms with Gasteiger partial charge in [0.25, 0.3) is 0 Å². The smallest absolute Gasteiger partial charge is 0.195 e. The van der Waals surface area contributed by atoms with Crippen molar-refractivity contribution in [2.45, 2.75) is 49.7 Å². The van der Waals surface area contributed by atoms with Crippen LogP contribution in [0, 0.1) is 0 Å². The van der Waals surface area contributed by atoms with Crippen molar-refractivity contribution in [1.82, 2.24) is 9.71 Å². The number of aliphatic hydroxyl groups is 1. The second-order valence-corrected chi connectivity index (χ2v) is 13.1. The van der Waals surface area contributed by atoms with E-state index in [1.54, 1.807) is 6.26 Å². The molecule has 2 aromatic carbocycles. The number of hydrogen-bond donors (Lipinski definition) is 2. The standard InChI is InChI=1S/C29H29ClN4O5S/c1-40(36,34-20-10-11-20)33-19-8-6-17(7-9-19)16-2-4-18(5-3-16)27-21(30)12-22-23(32-27)13-26(31-22)39-25-15-38-28-24(35)14-37-29(25)28/h2-9,12,20,24-25,28-29,35H,10-11,13-15H2,1H3,(H,33,34,36)/t24-,25-,28-,29-,40?/m1/s1. The van der Waals surface area contributed by atoms with Gasteiger partial charge in [-0.25, -0.2) is 18.9 Å². The normalized spacial score (nSPS) is 26.6. The Hall–Kier alpha value is -2.86. The van der Waals surface area contributed by atoms with Gasteiger partial charge in [0.15, 0.2) is 12.0 Å². The van der Waals surface area contributed by atoms with Crippen molar-refractivity contribution in [3.05, 3.63) is 65.3 Å². The zero-order valence-corrected chi connectivity index (χ0v) is 23.4. The number of hydrogen-bond acceptors (Lipinski definition) is 8. The summed E-state index contributed by atoms with van der Waals surface area (Å²) in [5.74, 6) is 0.544. The fourth-order valence-corrected chi connectivity index (χ4v) is 7.01. The molecule has 3 aromatic rings. The molecule has 4 aliphatic rings. The van der Waals surface area contributed by atoms with Crippen molar-refractivity contribution in [2.24, 2.45) is 9.36 Å². The molecule has 1 aromatic heterocycles. The SMILES string of the molecule is CS(=O)(=Nc1ccc(-c2ccc(-c3nc4c(cc3Cl)N=C(O[C@@H]3CO[C@H]5[C@@H]3OC[C@H]5O)C4)cc2)cc1)NC1CC1. The number of nitrogens with zero attached hydrogens (tertiary/aromatic N) is 3. The second kappa shape index (κ2) is 10.2. The minimum absolute atomic E-state index is 0.252. The van der Waals surface area contributed by atoms with Crippen molar-refractivity contribution in [1.29, 1.82) is 0 Å². The van der Waals surface area contributed by atoms with Crippen LogP contribution in [0.15, 0.2) is 64.0 Å². The van der Waals surface area contributed by atoms with Gasteiger partial charge in [-0.1, -0.05) is 48.0 Å². The molecule has 5 atom stereocenters. The summed E-state index contributed by atoms with van der Waals surface area (Å²) < 4.78 is 37.6. The van der Waals surface area contributed by atoms with Crippen LogP contribution >= 0.6 is 11.6 Å². The van der Waals surface area contributed by atoms with Crippen molar-refractivity contribution >= 4 is 38.8 Å². The summed E-state index contributed by atoms with van der Waals surface area (Å²) in [5.41, 5.74) is 5.83. The Balaban J connectivity index is 1.04. The summed E-state index contributed by atoms with van der Waals surface area (Å²) in [6.07, 6.45) is 2.63. The average Bonchev–Trinajstić information content (AvgIpc) is 3.33. The fourth-order valence-electron chi connectivity index (χ4n) is 5.32. The van der Waals surface area contributed by atoms with Crippen LogP contribution in [0.25, 0.3) is 22.4 Å². The number of ether oxygens (including phenoxy) is 3. The van der Waals surface area contributed by atoms with Crippen LogP contribution in [0.4, 0.5) is 11.4 Å². The predicted molar refractivity (Wildman–Crippen MR) is 154 cm³/mol. The molecule has 208 valence electrons. The Morgan fingerprint density at radius 1 is 1.02 bits per heavy atom. The predicted octanol–water partition coefficient (Wildman–Crippen LogP) is 4.60. The Bertz CT molecular complexity index is 1600. The maximum atomic E-state index is 12.6. The van der Waals surface area contributed by atoms with Gasteiger partial charge in [0.05, 0.1) is 47.4 Å². The van der Waals surface area contributed by atoms with Crippen molar-refractivity contribution in [2.75, 3.05) is 19.5 Å². The molecule has 2 N–H and O–H groups in total. The van der Waals surface area contributed by atoms with Gasteiger partial charge in [-0.2, -0.15) is 4.36 Å². The van der Waals surface area contributed by atoms with E-state index >= 15 is 0 Å². The molecule has 1 saturated carbocycles. The third-order valence-electron chi connectivity index (χ3n) is 7.47. The zero-order chi connectivity index (χ0) is 27.4. The van der Waals surface area contributed by atoms with Gasteiger partial charge in [0, 0.05) is 17.9 Å². The quantitative estimate of drug-likeness (QED) is 0.441. The Kier molecular flexibility index (Phi) is 6.65. The van der Waals surface area contributed by atoms with E-state index in [9.17, 15) is 9.32 Å². The number of aliphatic hydroxyl groups excluding tert-OH is 1. The minimum Gasteiger partial charge on any atom is -0.472 e. The van der Waals surface area contributed by atoms with Crippen LogP contribution < -0.4 is 4.72 Å². The first-order valence-corrected chi connectivity index (χ1v) is 15.7. The van der Waals surface area contributed by atoms with Gasteiger partial charge in [-0.15, -0.1) is 0 Å². The lowest BCUT2D eigenvalue weighted by molar-refractivity contribution is 0.00558. The Morgan fingerprint density at radius 3 is 2.42 bits per heavy atom. The van der Waals surface area contributed by atoms with Crippen LogP contribution in [-0.4, -0.2) is 70.1 Å². The van der Waals surface area contributed by atoms with E-state index in [4.69, 9.17) is 30.8 Å². The maximum Gasteiger partial charge on any atom is 0.195 e. The highest BCUT2D eigenvalue weighted by Crippen LogP contribution is 2.37. The molecule has 0 bridgehead atoms. The molecule has 1 aliphatic carbocycles. The van der Waals surface area contributed by atoms with Crippen LogP contribution in [0.1, 0.15) is 18.5 Å². The van der Waals surface area contributed by atoms with Crippen LogP contribution in [0.2, 0.25) is 5.02 Å².